The van der Waals surface area contributed by atoms with Crippen molar-refractivity contribution in [2.75, 3.05) is 0 Å². The number of hydrogen-bond acceptors (Lipinski definition) is 5. The van der Waals surface area contributed by atoms with Crippen molar-refractivity contribution in [3.8, 4) is 51.0 Å². The van der Waals surface area contributed by atoms with E-state index < -0.39 is 0 Å². The second kappa shape index (κ2) is 12.3. The van der Waals surface area contributed by atoms with Gasteiger partial charge in [0.25, 0.3) is 0 Å². The van der Waals surface area contributed by atoms with E-state index in [9.17, 15) is 0 Å². The summed E-state index contributed by atoms with van der Waals surface area (Å²) in [5, 5.41) is 6.34. The molecular weight excluding hydrogens is 701 g/mol. The summed E-state index contributed by atoms with van der Waals surface area (Å²) in [6.45, 7) is 0. The molecule has 0 saturated heterocycles. The fourth-order valence-corrected chi connectivity index (χ4v) is 8.46. The molecule has 0 fully saturated rings. The van der Waals surface area contributed by atoms with Gasteiger partial charge in [-0.1, -0.05) is 133 Å². The van der Waals surface area contributed by atoms with Crippen LogP contribution in [0.4, 0.5) is 0 Å². The lowest BCUT2D eigenvalue weighted by Crippen LogP contribution is -2.02. The lowest BCUT2D eigenvalue weighted by molar-refractivity contribution is 0.668. The average molecular weight is 731 g/mol. The number of fused-ring (bicyclic) bond motifs is 9. The highest BCUT2D eigenvalue weighted by Crippen LogP contribution is 2.42. The van der Waals surface area contributed by atoms with E-state index in [2.05, 4.69) is 120 Å². The highest BCUT2D eigenvalue weighted by Gasteiger charge is 2.23. The van der Waals surface area contributed by atoms with Gasteiger partial charge in [-0.3, -0.25) is 0 Å². The van der Waals surface area contributed by atoms with Gasteiger partial charge in [0.15, 0.2) is 17.5 Å². The van der Waals surface area contributed by atoms with Crippen LogP contribution in [0.25, 0.3) is 117 Å². The summed E-state index contributed by atoms with van der Waals surface area (Å²) in [6, 6.07) is 62.7. The molecule has 0 spiro atoms. The topological polar surface area (TPSA) is 69.9 Å². The maximum absolute atomic E-state index is 6.86. The lowest BCUT2D eigenvalue weighted by atomic mass is 10.0. The van der Waals surface area contributed by atoms with Crippen LogP contribution in [0, 0.1) is 0 Å². The quantitative estimate of drug-likeness (QED) is 0.176. The Hall–Kier alpha value is -7.83. The van der Waals surface area contributed by atoms with Gasteiger partial charge in [0, 0.05) is 49.1 Å². The van der Waals surface area contributed by atoms with Crippen molar-refractivity contribution in [2.45, 2.75) is 0 Å². The van der Waals surface area contributed by atoms with Crippen molar-refractivity contribution in [3.05, 3.63) is 182 Å². The molecular formula is C51H30N4O2. The first-order chi connectivity index (χ1) is 28.2. The summed E-state index contributed by atoms with van der Waals surface area (Å²) in [7, 11) is 0. The monoisotopic (exact) mass is 730 g/mol. The SMILES string of the molecule is c1ccc(-c2ccc3oc4c(-c5nc(-c6ccccc6)nc(-c6cccc7oc8ccccc8c67)n5)cc(-n5c6ccccc6c6ccccc65)cc4c3c2)cc1. The van der Waals surface area contributed by atoms with Gasteiger partial charge in [0.2, 0.25) is 0 Å². The maximum Gasteiger partial charge on any atom is 0.167 e. The Morgan fingerprint density at radius 1 is 0.351 bits per heavy atom. The second-order valence-corrected chi connectivity index (χ2v) is 14.4. The standard InChI is InChI=1S/C51H30N4O2/c1-3-14-31(15-4-1)33-26-27-45-39(28-33)40-29-34(55-42-22-10-7-18-35(42)36-19-8-11-23-43(36)55)30-41(48(40)57-45)51-53-49(32-16-5-2-6-17-32)52-50(54-51)38-21-13-25-46-47(38)37-20-9-12-24-44(37)56-46/h1-30H. The molecule has 0 radical (unpaired) electrons. The summed E-state index contributed by atoms with van der Waals surface area (Å²) in [5.74, 6) is 1.63. The van der Waals surface area contributed by atoms with Crippen LogP contribution in [0.15, 0.2) is 191 Å². The van der Waals surface area contributed by atoms with Crippen LogP contribution < -0.4 is 0 Å². The molecule has 0 saturated carbocycles. The predicted molar refractivity (Wildman–Crippen MR) is 230 cm³/mol. The van der Waals surface area contributed by atoms with Gasteiger partial charge < -0.3 is 13.4 Å². The highest BCUT2D eigenvalue weighted by atomic mass is 16.3. The van der Waals surface area contributed by atoms with E-state index in [1.807, 2.05) is 66.7 Å². The van der Waals surface area contributed by atoms with E-state index in [1.165, 1.54) is 10.8 Å². The molecule has 0 atom stereocenters. The molecule has 6 heteroatoms. The molecule has 6 nitrogen and oxygen atoms in total. The van der Waals surface area contributed by atoms with E-state index in [4.69, 9.17) is 23.8 Å². The van der Waals surface area contributed by atoms with E-state index in [0.29, 0.717) is 23.1 Å². The number of para-hydroxylation sites is 3. The first-order valence-corrected chi connectivity index (χ1v) is 19.0. The first-order valence-electron chi connectivity index (χ1n) is 19.0. The largest absolute Gasteiger partial charge is 0.456 e. The molecule has 0 bridgehead atoms. The summed E-state index contributed by atoms with van der Waals surface area (Å²) in [4.78, 5) is 15.7. The number of hydrogen-bond donors (Lipinski definition) is 0. The fraction of sp³-hybridized carbons (Fsp3) is 0. The minimum atomic E-state index is 0.513. The van der Waals surface area contributed by atoms with Gasteiger partial charge in [-0.05, 0) is 59.7 Å². The van der Waals surface area contributed by atoms with E-state index >= 15 is 0 Å². The van der Waals surface area contributed by atoms with Crippen molar-refractivity contribution < 1.29 is 8.83 Å². The smallest absolute Gasteiger partial charge is 0.167 e. The third kappa shape index (κ3) is 4.94. The van der Waals surface area contributed by atoms with Crippen LogP contribution in [0.1, 0.15) is 0 Å². The first kappa shape index (κ1) is 31.5. The van der Waals surface area contributed by atoms with Gasteiger partial charge in [-0.2, -0.15) is 0 Å². The van der Waals surface area contributed by atoms with Crippen molar-refractivity contribution in [1.82, 2.24) is 19.5 Å². The van der Waals surface area contributed by atoms with E-state index in [0.717, 1.165) is 82.8 Å². The Balaban J connectivity index is 1.19. The third-order valence-corrected chi connectivity index (χ3v) is 11.1. The Bertz CT molecular complexity index is 3470. The zero-order valence-corrected chi connectivity index (χ0v) is 30.4. The van der Waals surface area contributed by atoms with Crippen molar-refractivity contribution in [1.29, 1.82) is 0 Å². The van der Waals surface area contributed by atoms with E-state index in [-0.39, 0.29) is 0 Å². The minimum absolute atomic E-state index is 0.513. The Kier molecular flexibility index (Phi) is 6.83. The Labute approximate surface area is 325 Å². The fourth-order valence-electron chi connectivity index (χ4n) is 8.46. The molecule has 57 heavy (non-hydrogen) atoms. The maximum atomic E-state index is 6.86. The zero-order valence-electron chi connectivity index (χ0n) is 30.4. The third-order valence-electron chi connectivity index (χ3n) is 11.1. The van der Waals surface area contributed by atoms with Crippen LogP contribution in [0.5, 0.6) is 0 Å². The highest BCUT2D eigenvalue weighted by molar-refractivity contribution is 6.14. The number of benzene rings is 8. The van der Waals surface area contributed by atoms with Gasteiger partial charge in [0.1, 0.15) is 22.3 Å². The van der Waals surface area contributed by atoms with Crippen molar-refractivity contribution in [3.63, 3.8) is 0 Å². The van der Waals surface area contributed by atoms with Crippen LogP contribution >= 0.6 is 0 Å². The van der Waals surface area contributed by atoms with Gasteiger partial charge in [-0.25, -0.2) is 15.0 Å². The molecule has 0 aliphatic rings. The van der Waals surface area contributed by atoms with Crippen LogP contribution in [-0.4, -0.2) is 19.5 Å². The Morgan fingerprint density at radius 2 is 0.947 bits per heavy atom. The number of nitrogens with zero attached hydrogens (tertiary/aromatic N) is 4. The summed E-state index contributed by atoms with van der Waals surface area (Å²) >= 11 is 0. The van der Waals surface area contributed by atoms with Crippen LogP contribution in [-0.2, 0) is 0 Å². The normalized spacial score (nSPS) is 11.9. The summed E-state index contributed by atoms with van der Waals surface area (Å²) in [5.41, 5.74) is 11.1. The van der Waals surface area contributed by atoms with E-state index in [1.54, 1.807) is 0 Å². The molecule has 266 valence electrons. The van der Waals surface area contributed by atoms with Crippen molar-refractivity contribution >= 4 is 65.7 Å². The number of aromatic nitrogens is 4. The number of furan rings is 2. The molecule has 0 aliphatic carbocycles. The molecule has 8 aromatic carbocycles. The minimum Gasteiger partial charge on any atom is -0.456 e. The van der Waals surface area contributed by atoms with Gasteiger partial charge in [-0.15, -0.1) is 0 Å². The summed E-state index contributed by atoms with van der Waals surface area (Å²) < 4.78 is 15.5. The average Bonchev–Trinajstić information content (AvgIpc) is 3.96. The molecule has 0 amide bonds. The lowest BCUT2D eigenvalue weighted by Gasteiger charge is -2.13. The second-order valence-electron chi connectivity index (χ2n) is 14.4. The van der Waals surface area contributed by atoms with Gasteiger partial charge >= 0.3 is 0 Å². The Morgan fingerprint density at radius 3 is 1.70 bits per heavy atom. The summed E-state index contributed by atoms with van der Waals surface area (Å²) in [6.07, 6.45) is 0. The number of rotatable bonds is 5. The van der Waals surface area contributed by atoms with Crippen LogP contribution in [0.3, 0.4) is 0 Å². The van der Waals surface area contributed by atoms with Gasteiger partial charge in [0.05, 0.1) is 16.6 Å². The molecule has 4 aromatic heterocycles. The van der Waals surface area contributed by atoms with Crippen LogP contribution in [0.2, 0.25) is 0 Å². The molecule has 12 rings (SSSR count). The molecule has 4 heterocycles. The molecule has 12 aromatic rings. The molecule has 0 N–H and O–H groups in total. The zero-order chi connectivity index (χ0) is 37.5. The van der Waals surface area contributed by atoms with Crippen molar-refractivity contribution in [2.24, 2.45) is 0 Å². The predicted octanol–water partition coefficient (Wildman–Crippen LogP) is 13.4. The molecule has 0 unspecified atom stereocenters. The molecule has 0 aliphatic heterocycles.